The van der Waals surface area contributed by atoms with E-state index in [-0.39, 0.29) is 11.6 Å². The Balaban J connectivity index is 1.99. The van der Waals surface area contributed by atoms with Crippen LogP contribution in [0.2, 0.25) is 0 Å². The van der Waals surface area contributed by atoms with E-state index in [1.807, 2.05) is 0 Å². The number of amidine groups is 1. The molecule has 1 aromatic heterocycles. The number of nitrogens with zero attached hydrogens (tertiary/aromatic N) is 1. The minimum Gasteiger partial charge on any atom is -0.846 e. The van der Waals surface area contributed by atoms with Gasteiger partial charge in [0, 0.05) is 35.6 Å². The third kappa shape index (κ3) is 4.39. The summed E-state index contributed by atoms with van der Waals surface area (Å²) >= 11 is 0. The van der Waals surface area contributed by atoms with Crippen molar-refractivity contribution in [3.63, 3.8) is 0 Å². The van der Waals surface area contributed by atoms with Crippen LogP contribution in [-0.2, 0) is 0 Å². The van der Waals surface area contributed by atoms with Gasteiger partial charge in [-0.2, -0.15) is 0 Å². The summed E-state index contributed by atoms with van der Waals surface area (Å²) in [7, 11) is 0. The quantitative estimate of drug-likeness (QED) is 0.377. The van der Waals surface area contributed by atoms with E-state index in [0.717, 1.165) is 23.7 Å². The molecule has 0 spiro atoms. The molecule has 108 valence electrons. The van der Waals surface area contributed by atoms with Gasteiger partial charge in [0.05, 0.1) is 6.02 Å². The Morgan fingerprint density at radius 2 is 2.19 bits per heavy atom. The zero-order valence-corrected chi connectivity index (χ0v) is 11.6. The number of aromatic nitrogens is 1. The number of nitrogens with one attached hydrogen (secondary N) is 2. The highest BCUT2D eigenvalue weighted by molar-refractivity contribution is 5.90. The Bertz CT molecular complexity index is 741. The Labute approximate surface area is 122 Å². The number of unbranched alkanes of at least 4 members (excludes halogenated alkanes) is 2. The molecule has 0 saturated heterocycles. The third-order valence-corrected chi connectivity index (χ3v) is 2.96. The first-order valence-electron chi connectivity index (χ1n) is 6.74. The molecule has 0 saturated carbocycles. The Morgan fingerprint density at radius 1 is 1.33 bits per heavy atom. The van der Waals surface area contributed by atoms with E-state index >= 15 is 0 Å². The largest absolute Gasteiger partial charge is 0.846 e. The summed E-state index contributed by atoms with van der Waals surface area (Å²) < 4.78 is 0. The van der Waals surface area contributed by atoms with E-state index in [1.54, 1.807) is 24.3 Å². The van der Waals surface area contributed by atoms with Crippen molar-refractivity contribution in [3.8, 4) is 12.3 Å². The number of hydrogen-bond donors (Lipinski definition) is 2. The molecule has 0 aliphatic heterocycles. The van der Waals surface area contributed by atoms with Gasteiger partial charge in [-0.15, -0.1) is 12.3 Å². The van der Waals surface area contributed by atoms with Gasteiger partial charge in [-0.05, 0) is 37.1 Å². The van der Waals surface area contributed by atoms with Gasteiger partial charge in [0.2, 0.25) is 5.56 Å². The summed E-state index contributed by atoms with van der Waals surface area (Å²) in [5, 5.41) is 15.2. The molecule has 1 aromatic carbocycles. The molecule has 0 atom stereocenters. The van der Waals surface area contributed by atoms with Crippen molar-refractivity contribution in [1.29, 1.82) is 0 Å². The zero-order valence-electron chi connectivity index (χ0n) is 11.6. The average molecular weight is 282 g/mol. The average Bonchev–Trinajstić information content (AvgIpc) is 2.47. The molecule has 0 aliphatic carbocycles. The van der Waals surface area contributed by atoms with Crippen molar-refractivity contribution in [2.45, 2.75) is 19.3 Å². The Morgan fingerprint density at radius 3 is 3.00 bits per heavy atom. The number of fused-ring (bicyclic) bond motifs is 1. The molecule has 21 heavy (non-hydrogen) atoms. The highest BCUT2D eigenvalue weighted by Crippen LogP contribution is 2.15. The first kappa shape index (κ1) is 14.7. The minimum absolute atomic E-state index is 0.152. The molecule has 2 N–H and O–H groups in total. The van der Waals surface area contributed by atoms with Crippen LogP contribution in [0.1, 0.15) is 19.3 Å². The van der Waals surface area contributed by atoms with Gasteiger partial charge in [-0.25, -0.2) is 0 Å². The number of benzene rings is 1. The number of aliphatic imine (C=N–C) groups is 1. The summed E-state index contributed by atoms with van der Waals surface area (Å²) in [5.74, 6) is 2.55. The minimum atomic E-state index is -0.375. The molecule has 0 unspecified atom stereocenters. The second-order valence-electron chi connectivity index (χ2n) is 4.60. The Hall–Kier alpha value is -2.74. The number of terminal acetylenes is 1. The molecule has 0 aliphatic rings. The molecular weight excluding hydrogens is 266 g/mol. The van der Waals surface area contributed by atoms with E-state index in [0.29, 0.717) is 18.7 Å². The molecule has 5 heteroatoms. The number of aromatic amines is 1. The first-order chi connectivity index (χ1) is 10.2. The summed E-state index contributed by atoms with van der Waals surface area (Å²) in [6, 6.07) is 8.05. The summed E-state index contributed by atoms with van der Waals surface area (Å²) in [6.07, 6.45) is 7.53. The van der Waals surface area contributed by atoms with Gasteiger partial charge < -0.3 is 15.4 Å². The lowest BCUT2D eigenvalue weighted by atomic mass is 10.2. The van der Waals surface area contributed by atoms with Crippen LogP contribution in [0, 0.1) is 12.3 Å². The molecule has 1 heterocycles. The topological polar surface area (TPSA) is 80.3 Å². The van der Waals surface area contributed by atoms with Crippen molar-refractivity contribution in [3.05, 3.63) is 40.7 Å². The number of hydrogen-bond acceptors (Lipinski definition) is 3. The van der Waals surface area contributed by atoms with Crippen molar-refractivity contribution in [2.75, 3.05) is 11.9 Å². The Kier molecular flexibility index (Phi) is 4.99. The lowest BCUT2D eigenvalue weighted by molar-refractivity contribution is -0.214. The highest BCUT2D eigenvalue weighted by atomic mass is 16.3. The number of pyridine rings is 1. The van der Waals surface area contributed by atoms with Crippen LogP contribution in [0.3, 0.4) is 0 Å². The molecule has 2 rings (SSSR count). The van der Waals surface area contributed by atoms with Crippen LogP contribution >= 0.6 is 0 Å². The van der Waals surface area contributed by atoms with E-state index in [9.17, 15) is 9.90 Å². The maximum atomic E-state index is 11.7. The van der Waals surface area contributed by atoms with Crippen molar-refractivity contribution >= 4 is 22.6 Å². The van der Waals surface area contributed by atoms with Gasteiger partial charge in [-0.3, -0.25) is 9.79 Å². The van der Waals surface area contributed by atoms with Crippen LogP contribution in [0.25, 0.3) is 10.9 Å². The molecule has 0 bridgehead atoms. The summed E-state index contributed by atoms with van der Waals surface area (Å²) in [6.45, 7) is 0.467. The lowest BCUT2D eigenvalue weighted by Crippen LogP contribution is -2.27. The fourth-order valence-corrected chi connectivity index (χ4v) is 1.91. The SMILES string of the molecule is C#CCCCCN=C([O-])Nc1ccc2[nH]c(=O)ccc2c1. The van der Waals surface area contributed by atoms with Gasteiger partial charge in [0.25, 0.3) is 0 Å². The van der Waals surface area contributed by atoms with Crippen LogP contribution in [-0.4, -0.2) is 17.6 Å². The number of anilines is 1. The van der Waals surface area contributed by atoms with E-state index in [1.165, 1.54) is 6.07 Å². The van der Waals surface area contributed by atoms with Crippen LogP contribution < -0.4 is 16.0 Å². The maximum absolute atomic E-state index is 11.7. The smallest absolute Gasteiger partial charge is 0.248 e. The molecule has 2 aromatic rings. The standard InChI is InChI=1S/C16H17N3O2/c1-2-3-4-5-10-17-16(21)18-13-7-8-14-12(11-13)6-9-15(20)19-14/h1,6-9,11H,3-5,10H2,(H,19,20)(H2,17,18,21)/p-1. The van der Waals surface area contributed by atoms with E-state index < -0.39 is 0 Å². The molecule has 0 fully saturated rings. The second kappa shape index (κ2) is 7.15. The third-order valence-electron chi connectivity index (χ3n) is 2.96. The fraction of sp³-hybridized carbons (Fsp3) is 0.250. The summed E-state index contributed by atoms with van der Waals surface area (Å²) in [5.41, 5.74) is 1.22. The number of rotatable bonds is 5. The van der Waals surface area contributed by atoms with Gasteiger partial charge in [-0.1, -0.05) is 0 Å². The molecule has 0 amide bonds. The summed E-state index contributed by atoms with van der Waals surface area (Å²) in [4.78, 5) is 17.8. The van der Waals surface area contributed by atoms with Crippen LogP contribution in [0.4, 0.5) is 5.69 Å². The van der Waals surface area contributed by atoms with Gasteiger partial charge in [0.1, 0.15) is 0 Å². The normalized spacial score (nSPS) is 11.3. The predicted octanol–water partition coefficient (Wildman–Crippen LogP) is 1.46. The van der Waals surface area contributed by atoms with E-state index in [2.05, 4.69) is 21.2 Å². The van der Waals surface area contributed by atoms with Gasteiger partial charge in [0.15, 0.2) is 0 Å². The second-order valence-corrected chi connectivity index (χ2v) is 4.60. The van der Waals surface area contributed by atoms with Crippen molar-refractivity contribution < 1.29 is 5.11 Å². The monoisotopic (exact) mass is 282 g/mol. The molecule has 0 radical (unpaired) electrons. The molecule has 5 nitrogen and oxygen atoms in total. The zero-order chi connectivity index (χ0) is 15.1. The molecular formula is C16H16N3O2-. The lowest BCUT2D eigenvalue weighted by Gasteiger charge is -2.14. The predicted molar refractivity (Wildman–Crippen MR) is 83.2 cm³/mol. The van der Waals surface area contributed by atoms with Gasteiger partial charge >= 0.3 is 0 Å². The van der Waals surface area contributed by atoms with Crippen LogP contribution in [0.15, 0.2) is 40.1 Å². The van der Waals surface area contributed by atoms with Crippen molar-refractivity contribution in [1.82, 2.24) is 4.98 Å². The van der Waals surface area contributed by atoms with E-state index in [4.69, 9.17) is 6.42 Å². The fourth-order valence-electron chi connectivity index (χ4n) is 1.91. The first-order valence-corrected chi connectivity index (χ1v) is 6.74. The highest BCUT2D eigenvalue weighted by Gasteiger charge is 1.97. The maximum Gasteiger partial charge on any atom is 0.248 e. The van der Waals surface area contributed by atoms with Crippen LogP contribution in [0.5, 0.6) is 0 Å². The number of H-pyrrole nitrogens is 1. The van der Waals surface area contributed by atoms with Crippen molar-refractivity contribution in [2.24, 2.45) is 4.99 Å².